The van der Waals surface area contributed by atoms with Gasteiger partial charge in [-0.1, -0.05) is 6.07 Å². The first-order valence-corrected chi connectivity index (χ1v) is 7.26. The van der Waals surface area contributed by atoms with E-state index in [-0.39, 0.29) is 17.7 Å². The van der Waals surface area contributed by atoms with Crippen LogP contribution in [0.5, 0.6) is 0 Å². The number of aliphatic hydroxyl groups is 1. The highest BCUT2D eigenvalue weighted by atomic mass is 32.2. The second-order valence-electron chi connectivity index (χ2n) is 4.20. The summed E-state index contributed by atoms with van der Waals surface area (Å²) in [5.74, 6) is 0. The zero-order valence-electron chi connectivity index (χ0n) is 9.87. The summed E-state index contributed by atoms with van der Waals surface area (Å²) in [6.45, 7) is 0.923. The predicted octanol–water partition coefficient (Wildman–Crippen LogP) is 0.0312. The molecule has 6 nitrogen and oxygen atoms in total. The van der Waals surface area contributed by atoms with Crippen LogP contribution in [0.1, 0.15) is 18.4 Å². The highest BCUT2D eigenvalue weighted by molar-refractivity contribution is 7.89. The first-order chi connectivity index (χ1) is 8.62. The van der Waals surface area contributed by atoms with E-state index in [1.165, 1.54) is 12.3 Å². The third-order valence-electron chi connectivity index (χ3n) is 2.74. The van der Waals surface area contributed by atoms with E-state index >= 15 is 0 Å². The summed E-state index contributed by atoms with van der Waals surface area (Å²) < 4.78 is 31.8. The van der Waals surface area contributed by atoms with E-state index in [0.29, 0.717) is 18.8 Å². The molecule has 0 saturated carbocycles. The molecule has 7 heteroatoms. The van der Waals surface area contributed by atoms with Crippen LogP contribution in [0.2, 0.25) is 0 Å². The number of ether oxygens (including phenoxy) is 1. The van der Waals surface area contributed by atoms with Gasteiger partial charge >= 0.3 is 0 Å². The maximum Gasteiger partial charge on any atom is 0.258 e. The summed E-state index contributed by atoms with van der Waals surface area (Å²) >= 11 is 0. The van der Waals surface area contributed by atoms with Crippen molar-refractivity contribution in [3.63, 3.8) is 0 Å². The first-order valence-electron chi connectivity index (χ1n) is 5.78. The van der Waals surface area contributed by atoms with E-state index in [0.717, 1.165) is 12.8 Å². The van der Waals surface area contributed by atoms with Gasteiger partial charge in [0.1, 0.15) is 0 Å². The second-order valence-corrected chi connectivity index (χ2v) is 5.86. The number of nitrogens with one attached hydrogen (secondary N) is 1. The summed E-state index contributed by atoms with van der Waals surface area (Å²) in [7, 11) is -3.61. The lowest BCUT2D eigenvalue weighted by Crippen LogP contribution is -2.40. The topological polar surface area (TPSA) is 88.5 Å². The number of pyridine rings is 1. The predicted molar refractivity (Wildman–Crippen MR) is 64.3 cm³/mol. The van der Waals surface area contributed by atoms with Crippen molar-refractivity contribution in [1.29, 1.82) is 0 Å². The molecule has 2 N–H and O–H groups in total. The SMILES string of the molecule is O=S(=O)(NC1CCCOC1)c1ccc(CO)cn1. The molecule has 2 rings (SSSR count). The van der Waals surface area contributed by atoms with E-state index in [9.17, 15) is 8.42 Å². The van der Waals surface area contributed by atoms with Gasteiger partial charge < -0.3 is 9.84 Å². The summed E-state index contributed by atoms with van der Waals surface area (Å²) in [4.78, 5) is 3.84. The van der Waals surface area contributed by atoms with E-state index < -0.39 is 10.0 Å². The van der Waals surface area contributed by atoms with Gasteiger partial charge in [-0.2, -0.15) is 0 Å². The van der Waals surface area contributed by atoms with Crippen molar-refractivity contribution in [3.05, 3.63) is 23.9 Å². The number of sulfonamides is 1. The van der Waals surface area contributed by atoms with Crippen LogP contribution in [0.4, 0.5) is 0 Å². The Hall–Kier alpha value is -1.02. The quantitative estimate of drug-likeness (QED) is 0.807. The molecule has 2 heterocycles. The van der Waals surface area contributed by atoms with Crippen LogP contribution < -0.4 is 4.72 Å². The van der Waals surface area contributed by atoms with Crippen LogP contribution in [0, 0.1) is 0 Å². The molecule has 1 aromatic rings. The van der Waals surface area contributed by atoms with Crippen LogP contribution in [-0.2, 0) is 21.4 Å². The lowest BCUT2D eigenvalue weighted by molar-refractivity contribution is 0.0774. The third-order valence-corrected chi connectivity index (χ3v) is 4.17. The van der Waals surface area contributed by atoms with Crippen LogP contribution in [-0.4, -0.2) is 37.8 Å². The smallest absolute Gasteiger partial charge is 0.258 e. The average Bonchev–Trinajstić information content (AvgIpc) is 2.39. The van der Waals surface area contributed by atoms with Gasteiger partial charge in [0, 0.05) is 18.8 Å². The highest BCUT2D eigenvalue weighted by Gasteiger charge is 2.23. The minimum Gasteiger partial charge on any atom is -0.392 e. The molecular weight excluding hydrogens is 256 g/mol. The molecule has 1 aromatic heterocycles. The molecule has 18 heavy (non-hydrogen) atoms. The van der Waals surface area contributed by atoms with Crippen molar-refractivity contribution in [2.75, 3.05) is 13.2 Å². The fraction of sp³-hybridized carbons (Fsp3) is 0.545. The van der Waals surface area contributed by atoms with Crippen LogP contribution in [0.25, 0.3) is 0 Å². The molecule has 1 aliphatic heterocycles. The van der Waals surface area contributed by atoms with Gasteiger partial charge in [-0.3, -0.25) is 0 Å². The maximum absolute atomic E-state index is 12.0. The number of rotatable bonds is 4. The normalized spacial score (nSPS) is 20.8. The van der Waals surface area contributed by atoms with Crippen molar-refractivity contribution in [3.8, 4) is 0 Å². The average molecular weight is 272 g/mol. The minimum absolute atomic E-state index is 0.0368. The van der Waals surface area contributed by atoms with Crippen molar-refractivity contribution in [2.24, 2.45) is 0 Å². The molecule has 0 aromatic carbocycles. The summed E-state index contributed by atoms with van der Waals surface area (Å²) in [6.07, 6.45) is 2.98. The molecule has 1 saturated heterocycles. The standard InChI is InChI=1S/C11H16N2O4S/c14-7-9-3-4-11(12-6-9)18(15,16)13-10-2-1-5-17-8-10/h3-4,6,10,13-14H,1-2,5,7-8H2. The number of hydrogen-bond acceptors (Lipinski definition) is 5. The van der Waals surface area contributed by atoms with Gasteiger partial charge in [0.2, 0.25) is 0 Å². The van der Waals surface area contributed by atoms with Crippen molar-refractivity contribution in [1.82, 2.24) is 9.71 Å². The molecule has 0 bridgehead atoms. The third kappa shape index (κ3) is 3.26. The molecule has 0 radical (unpaired) electrons. The fourth-order valence-electron chi connectivity index (χ4n) is 1.78. The Balaban J connectivity index is 2.08. The molecule has 0 spiro atoms. The molecule has 0 aliphatic carbocycles. The van der Waals surface area contributed by atoms with Gasteiger partial charge in [0.15, 0.2) is 5.03 Å². The van der Waals surface area contributed by atoms with Crippen LogP contribution in [0.3, 0.4) is 0 Å². The molecular formula is C11H16N2O4S. The number of hydrogen-bond donors (Lipinski definition) is 2. The Morgan fingerprint density at radius 3 is 2.89 bits per heavy atom. The van der Waals surface area contributed by atoms with Gasteiger partial charge in [-0.15, -0.1) is 0 Å². The summed E-state index contributed by atoms with van der Waals surface area (Å²) in [6, 6.07) is 2.74. The van der Waals surface area contributed by atoms with Gasteiger partial charge in [-0.05, 0) is 24.5 Å². The molecule has 0 amide bonds. The first kappa shape index (κ1) is 13.4. The molecule has 1 atom stereocenters. The molecule has 1 aliphatic rings. The Kier molecular flexibility index (Phi) is 4.28. The van der Waals surface area contributed by atoms with Crippen LogP contribution in [0.15, 0.2) is 23.4 Å². The van der Waals surface area contributed by atoms with Crippen LogP contribution >= 0.6 is 0 Å². The Morgan fingerprint density at radius 1 is 1.50 bits per heavy atom. The van der Waals surface area contributed by atoms with Crippen molar-refractivity contribution < 1.29 is 18.3 Å². The Bertz CT molecular complexity index is 480. The zero-order chi connectivity index (χ0) is 13.0. The molecule has 1 unspecified atom stereocenters. The van der Waals surface area contributed by atoms with Gasteiger partial charge in [-0.25, -0.2) is 18.1 Å². The van der Waals surface area contributed by atoms with E-state index in [1.807, 2.05) is 0 Å². The zero-order valence-corrected chi connectivity index (χ0v) is 10.7. The van der Waals surface area contributed by atoms with E-state index in [1.54, 1.807) is 6.07 Å². The molecule has 100 valence electrons. The lowest BCUT2D eigenvalue weighted by atomic mass is 10.1. The second kappa shape index (κ2) is 5.75. The number of aliphatic hydroxyl groups excluding tert-OH is 1. The summed E-state index contributed by atoms with van der Waals surface area (Å²) in [5, 5.41) is 8.83. The number of nitrogens with zero attached hydrogens (tertiary/aromatic N) is 1. The Morgan fingerprint density at radius 2 is 2.33 bits per heavy atom. The van der Waals surface area contributed by atoms with E-state index in [4.69, 9.17) is 9.84 Å². The summed E-state index contributed by atoms with van der Waals surface area (Å²) in [5.41, 5.74) is 0.579. The number of aromatic nitrogens is 1. The van der Waals surface area contributed by atoms with Crippen molar-refractivity contribution >= 4 is 10.0 Å². The fourth-order valence-corrected chi connectivity index (χ4v) is 2.96. The highest BCUT2D eigenvalue weighted by Crippen LogP contribution is 2.11. The van der Waals surface area contributed by atoms with Gasteiger partial charge in [0.05, 0.1) is 13.2 Å². The largest absolute Gasteiger partial charge is 0.392 e. The van der Waals surface area contributed by atoms with Crippen molar-refractivity contribution in [2.45, 2.75) is 30.5 Å². The maximum atomic E-state index is 12.0. The monoisotopic (exact) mass is 272 g/mol. The minimum atomic E-state index is -3.61. The van der Waals surface area contributed by atoms with E-state index in [2.05, 4.69) is 9.71 Å². The van der Waals surface area contributed by atoms with Gasteiger partial charge in [0.25, 0.3) is 10.0 Å². The molecule has 1 fully saturated rings. The lowest BCUT2D eigenvalue weighted by Gasteiger charge is -2.22. The Labute approximate surface area is 106 Å².